The number of carbonyl (C=O) groups excluding carboxylic acids is 1. The number of hydrogen-bond acceptors (Lipinski definition) is 4. The second-order valence-electron chi connectivity index (χ2n) is 6.42. The first-order chi connectivity index (χ1) is 10.4. The van der Waals surface area contributed by atoms with E-state index in [4.69, 9.17) is 10.5 Å². The summed E-state index contributed by atoms with van der Waals surface area (Å²) in [6.45, 7) is 4.56. The summed E-state index contributed by atoms with van der Waals surface area (Å²) >= 11 is 0. The van der Waals surface area contributed by atoms with Crippen molar-refractivity contribution >= 4 is 5.91 Å². The Bertz CT molecular complexity index is 512. The Balaban J connectivity index is 1.97. The first-order valence-corrected chi connectivity index (χ1v) is 7.88. The van der Waals surface area contributed by atoms with Crippen LogP contribution in [0.1, 0.15) is 36.2 Å². The molecule has 0 radical (unpaired) electrons. The molecule has 1 aromatic heterocycles. The lowest BCUT2D eigenvalue weighted by Crippen LogP contribution is -2.45. The number of aromatic nitrogens is 1. The van der Waals surface area contributed by atoms with Crippen LogP contribution in [0.25, 0.3) is 0 Å². The highest BCUT2D eigenvalue weighted by Gasteiger charge is 2.33. The van der Waals surface area contributed by atoms with Crippen molar-refractivity contribution in [2.24, 2.45) is 11.7 Å². The molecular formula is C17H27N3O2. The number of rotatable bonds is 4. The van der Waals surface area contributed by atoms with Gasteiger partial charge in [-0.15, -0.1) is 0 Å². The van der Waals surface area contributed by atoms with Gasteiger partial charge in [0.05, 0.1) is 18.3 Å². The minimum Gasteiger partial charge on any atom is -0.380 e. The zero-order valence-corrected chi connectivity index (χ0v) is 14.0. The maximum Gasteiger partial charge on any atom is 0.225 e. The topological polar surface area (TPSA) is 68.5 Å². The number of aryl methyl sites for hydroxylation is 2. The predicted molar refractivity (Wildman–Crippen MR) is 86.3 cm³/mol. The first kappa shape index (κ1) is 16.9. The van der Waals surface area contributed by atoms with Crippen molar-refractivity contribution in [1.29, 1.82) is 0 Å². The van der Waals surface area contributed by atoms with E-state index in [1.165, 1.54) is 5.56 Å². The van der Waals surface area contributed by atoms with E-state index in [2.05, 4.69) is 4.98 Å². The molecule has 0 aromatic carbocycles. The fraction of sp³-hybridized carbons (Fsp3) is 0.647. The van der Waals surface area contributed by atoms with E-state index in [-0.39, 0.29) is 24.0 Å². The molecule has 0 unspecified atom stereocenters. The van der Waals surface area contributed by atoms with Crippen molar-refractivity contribution in [2.75, 3.05) is 14.2 Å². The average Bonchev–Trinajstić information content (AvgIpc) is 2.45. The molecule has 2 rings (SSSR count). The Morgan fingerprint density at radius 3 is 2.73 bits per heavy atom. The van der Waals surface area contributed by atoms with Gasteiger partial charge in [-0.05, 0) is 50.8 Å². The van der Waals surface area contributed by atoms with Crippen LogP contribution in [0.15, 0.2) is 12.1 Å². The molecule has 1 fully saturated rings. The molecule has 0 spiro atoms. The van der Waals surface area contributed by atoms with E-state index >= 15 is 0 Å². The summed E-state index contributed by atoms with van der Waals surface area (Å²) in [5.41, 5.74) is 9.19. The molecule has 122 valence electrons. The monoisotopic (exact) mass is 305 g/mol. The van der Waals surface area contributed by atoms with Crippen molar-refractivity contribution in [3.05, 3.63) is 29.1 Å². The van der Waals surface area contributed by atoms with Crippen LogP contribution in [0.3, 0.4) is 0 Å². The molecule has 0 aliphatic heterocycles. The number of carbonyl (C=O) groups is 1. The molecule has 0 bridgehead atoms. The van der Waals surface area contributed by atoms with Crippen LogP contribution < -0.4 is 5.73 Å². The van der Waals surface area contributed by atoms with Crippen LogP contribution in [-0.2, 0) is 16.1 Å². The highest BCUT2D eigenvalue weighted by atomic mass is 16.5. The van der Waals surface area contributed by atoms with Crippen LogP contribution in [-0.4, -0.2) is 42.1 Å². The average molecular weight is 305 g/mol. The summed E-state index contributed by atoms with van der Waals surface area (Å²) < 4.78 is 5.35. The molecule has 5 nitrogen and oxygen atoms in total. The van der Waals surface area contributed by atoms with E-state index in [0.29, 0.717) is 13.0 Å². The van der Waals surface area contributed by atoms with Gasteiger partial charge in [0.1, 0.15) is 0 Å². The second-order valence-corrected chi connectivity index (χ2v) is 6.42. The molecule has 1 aromatic rings. The number of hydrogen-bond donors (Lipinski definition) is 1. The van der Waals surface area contributed by atoms with E-state index in [0.717, 1.165) is 24.2 Å². The maximum absolute atomic E-state index is 12.6. The lowest BCUT2D eigenvalue weighted by Gasteiger charge is -2.34. The third-order valence-electron chi connectivity index (χ3n) is 4.41. The van der Waals surface area contributed by atoms with Gasteiger partial charge in [-0.2, -0.15) is 0 Å². The first-order valence-electron chi connectivity index (χ1n) is 7.88. The van der Waals surface area contributed by atoms with E-state index in [1.807, 2.05) is 33.0 Å². The van der Waals surface area contributed by atoms with Crippen LogP contribution in [0.4, 0.5) is 0 Å². The van der Waals surface area contributed by atoms with Crippen LogP contribution in [0.2, 0.25) is 0 Å². The molecule has 0 saturated heterocycles. The number of methoxy groups -OCH3 is 1. The number of nitrogens with zero attached hydrogens (tertiary/aromatic N) is 2. The molecule has 1 aliphatic carbocycles. The summed E-state index contributed by atoms with van der Waals surface area (Å²) in [5.74, 6) is 0.156. The molecule has 1 amide bonds. The largest absolute Gasteiger partial charge is 0.380 e. The highest BCUT2D eigenvalue weighted by molar-refractivity contribution is 5.78. The summed E-state index contributed by atoms with van der Waals surface area (Å²) in [4.78, 5) is 18.9. The second kappa shape index (κ2) is 7.20. The minimum atomic E-state index is -0.0551. The smallest absolute Gasteiger partial charge is 0.225 e. The van der Waals surface area contributed by atoms with Gasteiger partial charge in [0.2, 0.25) is 5.91 Å². The summed E-state index contributed by atoms with van der Waals surface area (Å²) in [7, 11) is 3.53. The van der Waals surface area contributed by atoms with E-state index in [9.17, 15) is 4.79 Å². The van der Waals surface area contributed by atoms with Crippen LogP contribution >= 0.6 is 0 Å². The molecular weight excluding hydrogens is 278 g/mol. The number of ether oxygens (including phenoxy) is 1. The van der Waals surface area contributed by atoms with Crippen LogP contribution in [0.5, 0.6) is 0 Å². The fourth-order valence-electron chi connectivity index (χ4n) is 3.33. The molecule has 1 heterocycles. The highest BCUT2D eigenvalue weighted by Crippen LogP contribution is 2.27. The third kappa shape index (κ3) is 4.05. The summed E-state index contributed by atoms with van der Waals surface area (Å²) in [6.07, 6.45) is 2.47. The normalized spacial score (nSPS) is 25.0. The molecule has 2 N–H and O–H groups in total. The Labute approximate surface area is 132 Å². The molecule has 5 heteroatoms. The zero-order valence-electron chi connectivity index (χ0n) is 14.0. The van der Waals surface area contributed by atoms with Gasteiger partial charge in [-0.25, -0.2) is 0 Å². The lowest BCUT2D eigenvalue weighted by atomic mass is 9.83. The molecule has 1 aliphatic rings. The molecule has 22 heavy (non-hydrogen) atoms. The molecule has 1 saturated carbocycles. The third-order valence-corrected chi connectivity index (χ3v) is 4.41. The predicted octanol–water partition coefficient (Wildman–Crippen LogP) is 1.80. The van der Waals surface area contributed by atoms with Gasteiger partial charge in [0, 0.05) is 31.8 Å². The van der Waals surface area contributed by atoms with Gasteiger partial charge in [-0.1, -0.05) is 0 Å². The maximum atomic E-state index is 12.6. The Morgan fingerprint density at radius 2 is 2.14 bits per heavy atom. The van der Waals surface area contributed by atoms with E-state index < -0.39 is 0 Å². The van der Waals surface area contributed by atoms with Crippen molar-refractivity contribution in [2.45, 2.75) is 51.8 Å². The molecule has 3 atom stereocenters. The summed E-state index contributed by atoms with van der Waals surface area (Å²) in [5, 5.41) is 0. The van der Waals surface area contributed by atoms with Crippen molar-refractivity contribution in [3.8, 4) is 0 Å². The lowest BCUT2D eigenvalue weighted by molar-refractivity contribution is -0.137. The van der Waals surface area contributed by atoms with Crippen molar-refractivity contribution < 1.29 is 9.53 Å². The fourth-order valence-corrected chi connectivity index (χ4v) is 3.33. The Morgan fingerprint density at radius 1 is 1.41 bits per heavy atom. The standard InChI is InChI=1S/C17H27N3O2/c1-11-7-12(2)19-14(8-11)10-20(3)17(21)13-5-6-16(22-4)15(18)9-13/h7-8,13,15-16H,5-6,9-10,18H2,1-4H3/t13-,15+,16+/m0/s1. The van der Waals surface area contributed by atoms with Gasteiger partial charge < -0.3 is 15.4 Å². The SMILES string of the molecule is CO[C@@H]1CC[C@H](C(=O)N(C)Cc2cc(C)cc(C)n2)C[C@H]1N. The summed E-state index contributed by atoms with van der Waals surface area (Å²) in [6, 6.07) is 4.01. The van der Waals surface area contributed by atoms with E-state index in [1.54, 1.807) is 12.0 Å². The number of amides is 1. The van der Waals surface area contributed by atoms with Gasteiger partial charge in [0.15, 0.2) is 0 Å². The Kier molecular flexibility index (Phi) is 5.53. The van der Waals surface area contributed by atoms with Gasteiger partial charge >= 0.3 is 0 Å². The number of nitrogens with two attached hydrogens (primary N) is 1. The van der Waals surface area contributed by atoms with Crippen molar-refractivity contribution in [3.63, 3.8) is 0 Å². The van der Waals surface area contributed by atoms with Gasteiger partial charge in [-0.3, -0.25) is 9.78 Å². The van der Waals surface area contributed by atoms with Crippen LogP contribution in [0, 0.1) is 19.8 Å². The zero-order chi connectivity index (χ0) is 16.3. The number of pyridine rings is 1. The van der Waals surface area contributed by atoms with Crippen molar-refractivity contribution in [1.82, 2.24) is 9.88 Å². The Hall–Kier alpha value is -1.46. The quantitative estimate of drug-likeness (QED) is 0.921. The van der Waals surface area contributed by atoms with Gasteiger partial charge in [0.25, 0.3) is 0 Å². The minimum absolute atomic E-state index is 0.00249.